The summed E-state index contributed by atoms with van der Waals surface area (Å²) in [6.07, 6.45) is 1.58. The molecular weight excluding hydrogens is 336 g/mol. The van der Waals surface area contributed by atoms with Crippen LogP contribution in [0.5, 0.6) is 0 Å². The molecule has 0 bridgehead atoms. The van der Waals surface area contributed by atoms with E-state index in [1.165, 1.54) is 4.90 Å². The van der Waals surface area contributed by atoms with Crippen LogP contribution in [0, 0.1) is 13.8 Å². The lowest BCUT2D eigenvalue weighted by Gasteiger charge is -2.21. The number of hydrogen-bond donors (Lipinski definition) is 0. The van der Waals surface area contributed by atoms with Gasteiger partial charge in [-0.25, -0.2) is 0 Å². The molecule has 2 aromatic carbocycles. The first kappa shape index (κ1) is 18.6. The lowest BCUT2D eigenvalue weighted by Crippen LogP contribution is -2.34. The van der Waals surface area contributed by atoms with Gasteiger partial charge in [-0.1, -0.05) is 54.6 Å². The Morgan fingerprint density at radius 2 is 1.70 bits per heavy atom. The van der Waals surface area contributed by atoms with Gasteiger partial charge in [-0.05, 0) is 36.1 Å². The molecule has 2 amide bonds. The number of likely N-dealkylation sites (N-methyl/N-ethyl adjacent to an activating group) is 1. The first-order valence-electron chi connectivity index (χ1n) is 8.98. The van der Waals surface area contributed by atoms with Gasteiger partial charge in [0.25, 0.3) is 11.8 Å². The third kappa shape index (κ3) is 3.56. The second-order valence-corrected chi connectivity index (χ2v) is 6.87. The lowest BCUT2D eigenvalue weighted by atomic mass is 9.99. The van der Waals surface area contributed by atoms with E-state index in [-0.39, 0.29) is 18.4 Å². The number of rotatable bonds is 6. The first-order chi connectivity index (χ1) is 12.9. The van der Waals surface area contributed by atoms with Crippen LogP contribution in [0.3, 0.4) is 0 Å². The van der Waals surface area contributed by atoms with Gasteiger partial charge in [0.05, 0.1) is 5.57 Å². The summed E-state index contributed by atoms with van der Waals surface area (Å²) in [7, 11) is 1.85. The van der Waals surface area contributed by atoms with Gasteiger partial charge in [-0.15, -0.1) is 6.58 Å². The Morgan fingerprint density at radius 1 is 1.00 bits per heavy atom. The van der Waals surface area contributed by atoms with Gasteiger partial charge < -0.3 is 4.90 Å². The van der Waals surface area contributed by atoms with Crippen LogP contribution in [-0.4, -0.2) is 35.2 Å². The summed E-state index contributed by atoms with van der Waals surface area (Å²) in [5.41, 5.74) is 5.00. The van der Waals surface area contributed by atoms with Crippen LogP contribution in [0.2, 0.25) is 0 Å². The second-order valence-electron chi connectivity index (χ2n) is 6.87. The summed E-state index contributed by atoms with van der Waals surface area (Å²) >= 11 is 0. The number of carbonyl (C=O) groups excluding carboxylic acids is 2. The Bertz CT molecular complexity index is 929. The first-order valence-corrected chi connectivity index (χ1v) is 8.98. The van der Waals surface area contributed by atoms with Gasteiger partial charge in [0.15, 0.2) is 0 Å². The molecule has 0 radical (unpaired) electrons. The molecule has 0 unspecified atom stereocenters. The minimum atomic E-state index is -0.272. The van der Waals surface area contributed by atoms with Crippen molar-refractivity contribution >= 4 is 17.4 Å². The van der Waals surface area contributed by atoms with E-state index in [0.717, 1.165) is 22.3 Å². The number of amides is 2. The number of nitrogens with zero attached hydrogens (tertiary/aromatic N) is 2. The van der Waals surface area contributed by atoms with Crippen molar-refractivity contribution in [3.8, 4) is 0 Å². The molecule has 3 rings (SSSR count). The third-order valence-electron chi connectivity index (χ3n) is 4.90. The SMILES string of the molecule is C=CCN1C(=O)C(c2ccc(C)c(C)c2)=C(N(C)Cc2ccccc2)C1=O. The Balaban J connectivity index is 2.08. The molecule has 1 aliphatic rings. The standard InChI is InChI=1S/C23H24N2O2/c1-5-13-25-22(26)20(19-12-11-16(2)17(3)14-19)21(23(25)27)24(4)15-18-9-7-6-8-10-18/h5-12,14H,1,13,15H2,2-4H3. The Labute approximate surface area is 160 Å². The maximum Gasteiger partial charge on any atom is 0.278 e. The topological polar surface area (TPSA) is 40.6 Å². The van der Waals surface area contributed by atoms with Crippen molar-refractivity contribution < 1.29 is 9.59 Å². The molecule has 1 aliphatic heterocycles. The molecule has 0 N–H and O–H groups in total. The maximum absolute atomic E-state index is 13.0. The van der Waals surface area contributed by atoms with Gasteiger partial charge in [0.1, 0.15) is 5.70 Å². The third-order valence-corrected chi connectivity index (χ3v) is 4.90. The van der Waals surface area contributed by atoms with Gasteiger partial charge in [-0.2, -0.15) is 0 Å². The molecule has 0 fully saturated rings. The van der Waals surface area contributed by atoms with Crippen molar-refractivity contribution in [3.63, 3.8) is 0 Å². The average molecular weight is 360 g/mol. The molecule has 0 saturated carbocycles. The zero-order chi connectivity index (χ0) is 19.6. The van der Waals surface area contributed by atoms with E-state index in [1.807, 2.05) is 74.3 Å². The summed E-state index contributed by atoms with van der Waals surface area (Å²) < 4.78 is 0. The number of aryl methyl sites for hydroxylation is 2. The normalized spacial score (nSPS) is 14.1. The van der Waals surface area contributed by atoms with Crippen molar-refractivity contribution in [1.82, 2.24) is 9.80 Å². The highest BCUT2D eigenvalue weighted by molar-refractivity contribution is 6.35. The Morgan fingerprint density at radius 3 is 2.33 bits per heavy atom. The molecule has 4 heteroatoms. The monoisotopic (exact) mass is 360 g/mol. The van der Waals surface area contributed by atoms with Gasteiger partial charge in [0.2, 0.25) is 0 Å². The van der Waals surface area contributed by atoms with Gasteiger partial charge in [0, 0.05) is 20.1 Å². The van der Waals surface area contributed by atoms with Crippen LogP contribution in [0.1, 0.15) is 22.3 Å². The number of carbonyl (C=O) groups is 2. The molecule has 4 nitrogen and oxygen atoms in total. The van der Waals surface area contributed by atoms with E-state index >= 15 is 0 Å². The minimum Gasteiger partial charge on any atom is -0.365 e. The van der Waals surface area contributed by atoms with Crippen LogP contribution in [0.25, 0.3) is 5.57 Å². The van der Waals surface area contributed by atoms with E-state index in [9.17, 15) is 9.59 Å². The Hall–Kier alpha value is -3.14. The number of benzene rings is 2. The van der Waals surface area contributed by atoms with Crippen LogP contribution in [0.15, 0.2) is 66.9 Å². The second kappa shape index (κ2) is 7.62. The van der Waals surface area contributed by atoms with Gasteiger partial charge >= 0.3 is 0 Å². The van der Waals surface area contributed by atoms with Crippen molar-refractivity contribution in [2.45, 2.75) is 20.4 Å². The van der Waals surface area contributed by atoms with Crippen LogP contribution in [-0.2, 0) is 16.1 Å². The molecule has 0 aliphatic carbocycles. The van der Waals surface area contributed by atoms with E-state index in [4.69, 9.17) is 0 Å². The zero-order valence-corrected chi connectivity index (χ0v) is 16.0. The van der Waals surface area contributed by atoms with Crippen molar-refractivity contribution in [2.75, 3.05) is 13.6 Å². The van der Waals surface area contributed by atoms with Gasteiger partial charge in [-0.3, -0.25) is 14.5 Å². The van der Waals surface area contributed by atoms with E-state index in [0.29, 0.717) is 17.8 Å². The minimum absolute atomic E-state index is 0.203. The summed E-state index contributed by atoms with van der Waals surface area (Å²) in [5, 5.41) is 0. The molecule has 0 saturated heterocycles. The summed E-state index contributed by atoms with van der Waals surface area (Å²) in [6.45, 7) is 8.46. The molecule has 0 spiro atoms. The van der Waals surface area contributed by atoms with Crippen LogP contribution in [0.4, 0.5) is 0 Å². The summed E-state index contributed by atoms with van der Waals surface area (Å²) in [6, 6.07) is 15.8. The van der Waals surface area contributed by atoms with E-state index in [1.54, 1.807) is 6.08 Å². The van der Waals surface area contributed by atoms with Crippen LogP contribution >= 0.6 is 0 Å². The number of hydrogen-bond acceptors (Lipinski definition) is 3. The molecule has 0 aromatic heterocycles. The highest BCUT2D eigenvalue weighted by Gasteiger charge is 2.40. The molecule has 1 heterocycles. The molecular formula is C23H24N2O2. The smallest absolute Gasteiger partial charge is 0.278 e. The van der Waals surface area contributed by atoms with Crippen molar-refractivity contribution in [3.05, 3.63) is 89.1 Å². The average Bonchev–Trinajstić information content (AvgIpc) is 2.90. The highest BCUT2D eigenvalue weighted by Crippen LogP contribution is 2.32. The highest BCUT2D eigenvalue weighted by atomic mass is 16.2. The fourth-order valence-corrected chi connectivity index (χ4v) is 3.31. The van der Waals surface area contributed by atoms with Crippen molar-refractivity contribution in [2.24, 2.45) is 0 Å². The maximum atomic E-state index is 13.0. The predicted molar refractivity (Wildman–Crippen MR) is 108 cm³/mol. The van der Waals surface area contributed by atoms with Crippen LogP contribution < -0.4 is 0 Å². The largest absolute Gasteiger partial charge is 0.365 e. The fourth-order valence-electron chi connectivity index (χ4n) is 3.31. The fraction of sp³-hybridized carbons (Fsp3) is 0.217. The quantitative estimate of drug-likeness (QED) is 0.583. The molecule has 2 aromatic rings. The lowest BCUT2D eigenvalue weighted by molar-refractivity contribution is -0.136. The summed E-state index contributed by atoms with van der Waals surface area (Å²) in [5.74, 6) is -0.537. The van der Waals surface area contributed by atoms with E-state index in [2.05, 4.69) is 6.58 Å². The predicted octanol–water partition coefficient (Wildman–Crippen LogP) is 3.70. The number of imide groups is 1. The van der Waals surface area contributed by atoms with Crippen molar-refractivity contribution in [1.29, 1.82) is 0 Å². The zero-order valence-electron chi connectivity index (χ0n) is 16.0. The summed E-state index contributed by atoms with van der Waals surface area (Å²) in [4.78, 5) is 29.2. The Kier molecular flexibility index (Phi) is 5.26. The van der Waals surface area contributed by atoms with E-state index < -0.39 is 0 Å². The molecule has 27 heavy (non-hydrogen) atoms. The molecule has 138 valence electrons. The molecule has 0 atom stereocenters.